The van der Waals surface area contributed by atoms with E-state index in [9.17, 15) is 4.79 Å². The molecule has 0 aliphatic heterocycles. The molecule has 1 aromatic heterocycles. The number of hydrogen-bond acceptors (Lipinski definition) is 3. The SMILES string of the molecule is Cn1cnc(COC=O)c1. The molecule has 0 unspecified atom stereocenters. The molecule has 0 aliphatic carbocycles. The van der Waals surface area contributed by atoms with Gasteiger partial charge in [0.2, 0.25) is 0 Å². The van der Waals surface area contributed by atoms with E-state index in [4.69, 9.17) is 0 Å². The van der Waals surface area contributed by atoms with E-state index in [1.54, 1.807) is 17.1 Å². The first-order valence-corrected chi connectivity index (χ1v) is 2.85. The van der Waals surface area contributed by atoms with E-state index in [1.807, 2.05) is 7.05 Å². The lowest BCUT2D eigenvalue weighted by Crippen LogP contribution is -1.89. The topological polar surface area (TPSA) is 44.1 Å². The molecule has 0 radical (unpaired) electrons. The summed E-state index contributed by atoms with van der Waals surface area (Å²) in [7, 11) is 1.86. The van der Waals surface area contributed by atoms with Crippen molar-refractivity contribution in [1.82, 2.24) is 9.55 Å². The largest absolute Gasteiger partial charge is 0.461 e. The molecule has 0 atom stereocenters. The van der Waals surface area contributed by atoms with Gasteiger partial charge in [-0.15, -0.1) is 0 Å². The molecule has 0 saturated carbocycles. The van der Waals surface area contributed by atoms with E-state index in [-0.39, 0.29) is 6.61 Å². The summed E-state index contributed by atoms with van der Waals surface area (Å²) in [5.74, 6) is 0. The van der Waals surface area contributed by atoms with Crippen molar-refractivity contribution in [2.45, 2.75) is 6.61 Å². The Morgan fingerprint density at radius 1 is 1.90 bits per heavy atom. The molecule has 1 aromatic rings. The van der Waals surface area contributed by atoms with Crippen LogP contribution in [0.3, 0.4) is 0 Å². The van der Waals surface area contributed by atoms with Crippen LogP contribution in [0, 0.1) is 0 Å². The fourth-order valence-electron chi connectivity index (χ4n) is 0.661. The third-order valence-corrected chi connectivity index (χ3v) is 1.06. The summed E-state index contributed by atoms with van der Waals surface area (Å²) in [6, 6.07) is 0. The first kappa shape index (κ1) is 6.80. The average molecular weight is 140 g/mol. The predicted molar refractivity (Wildman–Crippen MR) is 34.1 cm³/mol. The highest BCUT2D eigenvalue weighted by Crippen LogP contribution is 1.94. The summed E-state index contributed by atoms with van der Waals surface area (Å²) >= 11 is 0. The Bertz CT molecular complexity index is 219. The number of carbonyl (C=O) groups excluding carboxylic acids is 1. The summed E-state index contributed by atoms with van der Waals surface area (Å²) in [5.41, 5.74) is 0.759. The zero-order chi connectivity index (χ0) is 7.40. The van der Waals surface area contributed by atoms with Crippen LogP contribution < -0.4 is 0 Å². The van der Waals surface area contributed by atoms with E-state index < -0.39 is 0 Å². The lowest BCUT2D eigenvalue weighted by molar-refractivity contribution is -0.129. The summed E-state index contributed by atoms with van der Waals surface area (Å²) in [6.45, 7) is 0.666. The van der Waals surface area contributed by atoms with Crippen LogP contribution in [0.4, 0.5) is 0 Å². The molecule has 0 bridgehead atoms. The van der Waals surface area contributed by atoms with Crippen molar-refractivity contribution in [3.8, 4) is 0 Å². The lowest BCUT2D eigenvalue weighted by atomic mass is 10.5. The third-order valence-electron chi connectivity index (χ3n) is 1.06. The molecule has 0 saturated heterocycles. The van der Waals surface area contributed by atoms with Crippen molar-refractivity contribution in [3.63, 3.8) is 0 Å². The maximum absolute atomic E-state index is 9.73. The number of imidazole rings is 1. The Kier molecular flexibility index (Phi) is 2.04. The van der Waals surface area contributed by atoms with Gasteiger partial charge in [-0.05, 0) is 0 Å². The highest BCUT2D eigenvalue weighted by Gasteiger charge is 1.93. The molecule has 1 rings (SSSR count). The molecule has 4 heteroatoms. The summed E-state index contributed by atoms with van der Waals surface area (Å²) in [4.78, 5) is 13.7. The van der Waals surface area contributed by atoms with Crippen molar-refractivity contribution in [3.05, 3.63) is 18.2 Å². The highest BCUT2D eigenvalue weighted by molar-refractivity contribution is 5.37. The van der Waals surface area contributed by atoms with Crippen molar-refractivity contribution >= 4 is 6.47 Å². The van der Waals surface area contributed by atoms with Crippen LogP contribution >= 0.6 is 0 Å². The van der Waals surface area contributed by atoms with Gasteiger partial charge in [0.05, 0.1) is 12.0 Å². The van der Waals surface area contributed by atoms with Crippen molar-refractivity contribution in [1.29, 1.82) is 0 Å². The molecule has 54 valence electrons. The van der Waals surface area contributed by atoms with Gasteiger partial charge in [0.1, 0.15) is 6.61 Å². The second-order valence-corrected chi connectivity index (χ2v) is 1.94. The van der Waals surface area contributed by atoms with Gasteiger partial charge >= 0.3 is 0 Å². The highest BCUT2D eigenvalue weighted by atomic mass is 16.5. The molecule has 0 fully saturated rings. The minimum absolute atomic E-state index is 0.254. The molecule has 0 N–H and O–H groups in total. The number of hydrogen-bond donors (Lipinski definition) is 0. The number of nitrogens with zero attached hydrogens (tertiary/aromatic N) is 2. The van der Waals surface area contributed by atoms with E-state index >= 15 is 0 Å². The summed E-state index contributed by atoms with van der Waals surface area (Å²) < 4.78 is 6.27. The number of rotatable bonds is 3. The second-order valence-electron chi connectivity index (χ2n) is 1.94. The summed E-state index contributed by atoms with van der Waals surface area (Å²) in [5, 5.41) is 0. The Morgan fingerprint density at radius 2 is 2.70 bits per heavy atom. The van der Waals surface area contributed by atoms with Gasteiger partial charge in [0, 0.05) is 13.2 Å². The van der Waals surface area contributed by atoms with Crippen LogP contribution in [-0.4, -0.2) is 16.0 Å². The third kappa shape index (κ3) is 1.58. The van der Waals surface area contributed by atoms with Crippen LogP contribution in [0.2, 0.25) is 0 Å². The van der Waals surface area contributed by atoms with Crippen LogP contribution in [0.1, 0.15) is 5.69 Å². The first-order valence-electron chi connectivity index (χ1n) is 2.85. The molecule has 0 aliphatic rings. The monoisotopic (exact) mass is 140 g/mol. The van der Waals surface area contributed by atoms with Gasteiger partial charge in [0.25, 0.3) is 6.47 Å². The Hall–Kier alpha value is -1.32. The lowest BCUT2D eigenvalue weighted by Gasteiger charge is -1.90. The van der Waals surface area contributed by atoms with E-state index in [0.29, 0.717) is 6.47 Å². The fraction of sp³-hybridized carbons (Fsp3) is 0.333. The van der Waals surface area contributed by atoms with E-state index in [0.717, 1.165) is 5.69 Å². The minimum atomic E-state index is 0.254. The normalized spacial score (nSPS) is 9.30. The van der Waals surface area contributed by atoms with Gasteiger partial charge in [-0.2, -0.15) is 0 Å². The van der Waals surface area contributed by atoms with Gasteiger partial charge in [-0.1, -0.05) is 0 Å². The zero-order valence-corrected chi connectivity index (χ0v) is 5.65. The maximum Gasteiger partial charge on any atom is 0.293 e. The van der Waals surface area contributed by atoms with Crippen LogP contribution in [-0.2, 0) is 23.2 Å². The fourth-order valence-corrected chi connectivity index (χ4v) is 0.661. The van der Waals surface area contributed by atoms with Crippen LogP contribution in [0.5, 0.6) is 0 Å². The first-order chi connectivity index (χ1) is 4.83. The maximum atomic E-state index is 9.73. The van der Waals surface area contributed by atoms with Crippen molar-refractivity contribution < 1.29 is 9.53 Å². The van der Waals surface area contributed by atoms with Gasteiger partial charge in [0.15, 0.2) is 0 Å². The Morgan fingerprint density at radius 3 is 3.20 bits per heavy atom. The van der Waals surface area contributed by atoms with Gasteiger partial charge in [-0.3, -0.25) is 4.79 Å². The predicted octanol–water partition coefficient (Wildman–Crippen LogP) is 0.0931. The molecular weight excluding hydrogens is 132 g/mol. The molecule has 4 nitrogen and oxygen atoms in total. The quantitative estimate of drug-likeness (QED) is 0.559. The van der Waals surface area contributed by atoms with Crippen LogP contribution in [0.15, 0.2) is 12.5 Å². The summed E-state index contributed by atoms with van der Waals surface area (Å²) in [6.07, 6.45) is 3.45. The molecule has 10 heavy (non-hydrogen) atoms. The molecule has 0 amide bonds. The Labute approximate surface area is 58.4 Å². The Balaban J connectivity index is 2.49. The van der Waals surface area contributed by atoms with E-state index in [2.05, 4.69) is 9.72 Å². The molecule has 1 heterocycles. The minimum Gasteiger partial charge on any atom is -0.461 e. The zero-order valence-electron chi connectivity index (χ0n) is 5.65. The number of ether oxygens (including phenoxy) is 1. The van der Waals surface area contributed by atoms with Gasteiger partial charge < -0.3 is 9.30 Å². The molecule has 0 aromatic carbocycles. The second kappa shape index (κ2) is 3.00. The number of aryl methyl sites for hydroxylation is 1. The standard InChI is InChI=1S/C6H8N2O2/c1-8-2-6(7-4-8)3-10-5-9/h2,4-5H,3H2,1H3. The number of aromatic nitrogens is 2. The van der Waals surface area contributed by atoms with E-state index in [1.165, 1.54) is 0 Å². The average Bonchev–Trinajstić information content (AvgIpc) is 2.31. The number of carbonyl (C=O) groups is 1. The smallest absolute Gasteiger partial charge is 0.293 e. The van der Waals surface area contributed by atoms with Crippen molar-refractivity contribution in [2.24, 2.45) is 7.05 Å². The molecular formula is C6H8N2O2. The molecule has 0 spiro atoms. The van der Waals surface area contributed by atoms with Gasteiger partial charge in [-0.25, -0.2) is 4.98 Å². The van der Waals surface area contributed by atoms with Crippen molar-refractivity contribution in [2.75, 3.05) is 0 Å². The van der Waals surface area contributed by atoms with Crippen LogP contribution in [0.25, 0.3) is 0 Å².